The van der Waals surface area contributed by atoms with Crippen LogP contribution < -0.4 is 0 Å². The van der Waals surface area contributed by atoms with Crippen molar-refractivity contribution >= 4 is 27.4 Å². The number of ether oxygens (including phenoxy) is 1. The highest BCUT2D eigenvalue weighted by Gasteiger charge is 2.25. The number of hydrogen-bond acceptors (Lipinski definition) is 7. The van der Waals surface area contributed by atoms with Crippen LogP contribution in [-0.2, 0) is 32.4 Å². The van der Waals surface area contributed by atoms with Crippen LogP contribution in [0.15, 0.2) is 12.2 Å². The summed E-state index contributed by atoms with van der Waals surface area (Å²) in [5.74, 6) is -1.55. The largest absolute Gasteiger partial charge is 0.619 e. The van der Waals surface area contributed by atoms with Gasteiger partial charge in [0.05, 0.1) is 6.61 Å². The van der Waals surface area contributed by atoms with Gasteiger partial charge in [0.1, 0.15) is 0 Å². The summed E-state index contributed by atoms with van der Waals surface area (Å²) < 4.78 is 20.0. The molecule has 0 saturated heterocycles. The molecule has 1 atom stereocenters. The lowest BCUT2D eigenvalue weighted by molar-refractivity contribution is -0.142. The Kier molecular flexibility index (Phi) is 9.31. The van der Waals surface area contributed by atoms with Crippen molar-refractivity contribution in [1.29, 1.82) is 0 Å². The van der Waals surface area contributed by atoms with E-state index in [-0.39, 0.29) is 12.7 Å². The van der Waals surface area contributed by atoms with Crippen molar-refractivity contribution in [3.05, 3.63) is 12.2 Å². The number of hydrogen-bond donors (Lipinski definition) is 0. The van der Waals surface area contributed by atoms with Gasteiger partial charge in [-0.05, 0) is 26.7 Å². The molecule has 0 N–H and O–H groups in total. The molecule has 0 aliphatic rings. The molecule has 0 heterocycles. The molecule has 21 heavy (non-hydrogen) atoms. The Morgan fingerprint density at radius 3 is 2.05 bits per heavy atom. The summed E-state index contributed by atoms with van der Waals surface area (Å²) in [6.45, 7) is 9.48. The number of carbonyl (C=O) groups excluding carboxylic acids is 3. The fourth-order valence-corrected chi connectivity index (χ4v) is 2.48. The third-order valence-corrected chi connectivity index (χ3v) is 3.94. The molecule has 0 aromatic heterocycles. The molecular formula is C13H22O7Si. The molecule has 0 aliphatic heterocycles. The standard InChI is InChI=1S/C13H22O7Si/c1-9(2)13(16)17-8-6-7-10(3)18-21(19-11(4)14)20-12(5)15/h10,21H,1,6-8H2,2-5H3. The van der Waals surface area contributed by atoms with E-state index in [1.165, 1.54) is 13.8 Å². The first-order valence-electron chi connectivity index (χ1n) is 6.55. The first kappa shape index (κ1) is 19.3. The van der Waals surface area contributed by atoms with Gasteiger partial charge in [-0.15, -0.1) is 0 Å². The molecule has 0 saturated carbocycles. The van der Waals surface area contributed by atoms with Crippen molar-refractivity contribution < 1.29 is 32.4 Å². The van der Waals surface area contributed by atoms with Crippen molar-refractivity contribution in [3.8, 4) is 0 Å². The minimum atomic E-state index is -2.82. The molecular weight excluding hydrogens is 296 g/mol. The molecule has 8 heteroatoms. The summed E-state index contributed by atoms with van der Waals surface area (Å²) in [4.78, 5) is 32.9. The molecule has 0 spiro atoms. The lowest BCUT2D eigenvalue weighted by Gasteiger charge is -2.19. The second-order valence-electron chi connectivity index (χ2n) is 4.51. The van der Waals surface area contributed by atoms with E-state index in [0.29, 0.717) is 18.4 Å². The summed E-state index contributed by atoms with van der Waals surface area (Å²) in [5.41, 5.74) is 0.344. The van der Waals surface area contributed by atoms with Crippen LogP contribution in [0, 0.1) is 0 Å². The van der Waals surface area contributed by atoms with Crippen LogP contribution >= 0.6 is 0 Å². The Morgan fingerprint density at radius 2 is 1.62 bits per heavy atom. The van der Waals surface area contributed by atoms with Gasteiger partial charge in [-0.1, -0.05) is 6.58 Å². The maximum atomic E-state index is 11.1. The van der Waals surface area contributed by atoms with Crippen LogP contribution in [0.1, 0.15) is 40.5 Å². The first-order valence-corrected chi connectivity index (χ1v) is 7.96. The average molecular weight is 318 g/mol. The Bertz CT molecular complexity index is 378. The van der Waals surface area contributed by atoms with E-state index >= 15 is 0 Å². The van der Waals surface area contributed by atoms with Gasteiger partial charge in [-0.25, -0.2) is 4.79 Å². The van der Waals surface area contributed by atoms with Crippen LogP contribution in [0.2, 0.25) is 0 Å². The Morgan fingerprint density at radius 1 is 1.10 bits per heavy atom. The van der Waals surface area contributed by atoms with E-state index in [9.17, 15) is 14.4 Å². The highest BCUT2D eigenvalue weighted by atomic mass is 28.3. The molecule has 0 aromatic rings. The number of esters is 1. The highest BCUT2D eigenvalue weighted by Crippen LogP contribution is 2.07. The second-order valence-corrected chi connectivity index (χ2v) is 5.83. The minimum Gasteiger partial charge on any atom is -0.467 e. The normalized spacial score (nSPS) is 11.7. The Hall–Kier alpha value is -1.67. The predicted molar refractivity (Wildman–Crippen MR) is 76.2 cm³/mol. The summed E-state index contributed by atoms with van der Waals surface area (Å²) in [6, 6.07) is 0. The first-order chi connectivity index (χ1) is 9.72. The topological polar surface area (TPSA) is 88.1 Å². The van der Waals surface area contributed by atoms with Gasteiger partial charge in [0.2, 0.25) is 0 Å². The zero-order valence-electron chi connectivity index (χ0n) is 12.8. The van der Waals surface area contributed by atoms with Gasteiger partial charge in [0.25, 0.3) is 11.9 Å². The van der Waals surface area contributed by atoms with E-state index in [1.54, 1.807) is 13.8 Å². The minimum absolute atomic E-state index is 0.243. The summed E-state index contributed by atoms with van der Waals surface area (Å²) >= 11 is 0. The van der Waals surface area contributed by atoms with Gasteiger partial charge >= 0.3 is 15.5 Å². The lowest BCUT2D eigenvalue weighted by Crippen LogP contribution is -2.34. The van der Waals surface area contributed by atoms with Gasteiger partial charge in [-0.3, -0.25) is 9.59 Å². The third-order valence-electron chi connectivity index (χ3n) is 2.20. The van der Waals surface area contributed by atoms with Crippen molar-refractivity contribution in [3.63, 3.8) is 0 Å². The average Bonchev–Trinajstić information content (AvgIpc) is 2.32. The lowest BCUT2D eigenvalue weighted by atomic mass is 10.2. The molecule has 1 unspecified atom stereocenters. The highest BCUT2D eigenvalue weighted by molar-refractivity contribution is 6.41. The summed E-state index contributed by atoms with van der Waals surface area (Å²) in [7, 11) is -2.82. The molecule has 7 nitrogen and oxygen atoms in total. The molecule has 120 valence electrons. The monoisotopic (exact) mass is 318 g/mol. The number of carbonyl (C=O) groups is 3. The number of rotatable bonds is 9. The van der Waals surface area contributed by atoms with Crippen molar-refractivity contribution in [2.75, 3.05) is 6.61 Å². The Labute approximate surface area is 126 Å². The van der Waals surface area contributed by atoms with Gasteiger partial charge in [-0.2, -0.15) is 0 Å². The molecule has 0 fully saturated rings. The second kappa shape index (κ2) is 10.1. The van der Waals surface area contributed by atoms with Gasteiger partial charge in [0.15, 0.2) is 0 Å². The van der Waals surface area contributed by atoms with E-state index in [1.807, 2.05) is 0 Å². The SMILES string of the molecule is C=C(C)C(=O)OCCCC(C)O[SiH](OC(C)=O)OC(C)=O. The van der Waals surface area contributed by atoms with Crippen LogP contribution in [0.4, 0.5) is 0 Å². The molecule has 0 bridgehead atoms. The van der Waals surface area contributed by atoms with E-state index in [0.717, 1.165) is 0 Å². The van der Waals surface area contributed by atoms with Crippen LogP contribution in [0.3, 0.4) is 0 Å². The van der Waals surface area contributed by atoms with E-state index in [2.05, 4.69) is 6.58 Å². The van der Waals surface area contributed by atoms with Gasteiger partial charge < -0.3 is 18.0 Å². The maximum Gasteiger partial charge on any atom is 0.619 e. The van der Waals surface area contributed by atoms with Crippen LogP contribution in [0.5, 0.6) is 0 Å². The molecule has 0 rings (SSSR count). The summed E-state index contributed by atoms with van der Waals surface area (Å²) in [6.07, 6.45) is 0.848. The smallest absolute Gasteiger partial charge is 0.467 e. The van der Waals surface area contributed by atoms with Crippen LogP contribution in [-0.4, -0.2) is 40.1 Å². The van der Waals surface area contributed by atoms with Crippen LogP contribution in [0.25, 0.3) is 0 Å². The van der Waals surface area contributed by atoms with Crippen molar-refractivity contribution in [1.82, 2.24) is 0 Å². The molecule has 0 aromatic carbocycles. The zero-order valence-corrected chi connectivity index (χ0v) is 14.0. The predicted octanol–water partition coefficient (Wildman–Crippen LogP) is 1.13. The molecule has 0 radical (unpaired) electrons. The van der Waals surface area contributed by atoms with Crippen molar-refractivity contribution in [2.45, 2.75) is 46.6 Å². The molecule has 0 amide bonds. The fraction of sp³-hybridized carbons (Fsp3) is 0.615. The third kappa shape index (κ3) is 10.7. The molecule has 0 aliphatic carbocycles. The maximum absolute atomic E-state index is 11.1. The van der Waals surface area contributed by atoms with E-state index < -0.39 is 27.4 Å². The summed E-state index contributed by atoms with van der Waals surface area (Å²) in [5, 5.41) is 0. The Balaban J connectivity index is 4.04. The van der Waals surface area contributed by atoms with Gasteiger partial charge in [0, 0.05) is 25.5 Å². The fourth-order valence-electron chi connectivity index (χ4n) is 1.27. The quantitative estimate of drug-likeness (QED) is 0.272. The van der Waals surface area contributed by atoms with Crippen molar-refractivity contribution in [2.24, 2.45) is 0 Å². The zero-order chi connectivity index (χ0) is 16.4. The van der Waals surface area contributed by atoms with E-state index in [4.69, 9.17) is 18.0 Å².